The molecule has 5 nitrogen and oxygen atoms in total. The van der Waals surface area contributed by atoms with Crippen LogP contribution in [0.3, 0.4) is 0 Å². The number of carbonyl (C=O) groups is 1. The molecule has 19 heavy (non-hydrogen) atoms. The maximum Gasteiger partial charge on any atom is 0.255 e. The predicted octanol–water partition coefficient (Wildman–Crippen LogP) is 1.40. The molecule has 0 radical (unpaired) electrons. The molecule has 5 heteroatoms. The van der Waals surface area contributed by atoms with Gasteiger partial charge in [-0.25, -0.2) is 0 Å². The topological polar surface area (TPSA) is 78.6 Å². The number of anilines is 2. The first-order valence-electron chi connectivity index (χ1n) is 6.41. The van der Waals surface area contributed by atoms with Crippen LogP contribution in [0.1, 0.15) is 23.7 Å². The van der Waals surface area contributed by atoms with E-state index in [-0.39, 0.29) is 12.5 Å². The molecular formula is C14H23N3O2. The van der Waals surface area contributed by atoms with E-state index in [0.29, 0.717) is 23.7 Å². The van der Waals surface area contributed by atoms with Gasteiger partial charge >= 0.3 is 0 Å². The van der Waals surface area contributed by atoms with Crippen molar-refractivity contribution in [2.45, 2.75) is 13.3 Å². The van der Waals surface area contributed by atoms with Crippen LogP contribution >= 0.6 is 0 Å². The highest BCUT2D eigenvalue weighted by Crippen LogP contribution is 2.21. The number of amides is 1. The summed E-state index contributed by atoms with van der Waals surface area (Å²) in [6.07, 6.45) is 0.728. The van der Waals surface area contributed by atoms with Gasteiger partial charge in [0, 0.05) is 38.6 Å². The van der Waals surface area contributed by atoms with Crippen molar-refractivity contribution < 1.29 is 9.90 Å². The van der Waals surface area contributed by atoms with Gasteiger partial charge in [-0.2, -0.15) is 0 Å². The summed E-state index contributed by atoms with van der Waals surface area (Å²) in [5.41, 5.74) is 7.73. The van der Waals surface area contributed by atoms with E-state index < -0.39 is 0 Å². The summed E-state index contributed by atoms with van der Waals surface area (Å²) in [6.45, 7) is 2.91. The van der Waals surface area contributed by atoms with E-state index in [9.17, 15) is 4.79 Å². The Balaban J connectivity index is 2.85. The van der Waals surface area contributed by atoms with Crippen LogP contribution in [0.15, 0.2) is 18.2 Å². The van der Waals surface area contributed by atoms with Crippen LogP contribution in [0.5, 0.6) is 0 Å². The van der Waals surface area contributed by atoms with E-state index in [2.05, 4.69) is 5.32 Å². The highest BCUT2D eigenvalue weighted by molar-refractivity contribution is 5.99. The lowest BCUT2D eigenvalue weighted by Crippen LogP contribution is -2.24. The number of hydrogen-bond donors (Lipinski definition) is 3. The van der Waals surface area contributed by atoms with Crippen molar-refractivity contribution in [3.05, 3.63) is 23.8 Å². The fourth-order valence-corrected chi connectivity index (χ4v) is 1.74. The van der Waals surface area contributed by atoms with Gasteiger partial charge in [-0.15, -0.1) is 0 Å². The Kier molecular flexibility index (Phi) is 5.63. The predicted molar refractivity (Wildman–Crippen MR) is 78.2 cm³/mol. The van der Waals surface area contributed by atoms with Gasteiger partial charge in [0.25, 0.3) is 5.91 Å². The fraction of sp³-hybridized carbons (Fsp3) is 0.500. The Labute approximate surface area is 114 Å². The number of rotatable bonds is 6. The van der Waals surface area contributed by atoms with Gasteiger partial charge < -0.3 is 21.1 Å². The lowest BCUT2D eigenvalue weighted by atomic mass is 10.1. The van der Waals surface area contributed by atoms with Crippen molar-refractivity contribution in [2.24, 2.45) is 5.92 Å². The molecule has 1 aromatic rings. The first-order valence-corrected chi connectivity index (χ1v) is 6.41. The van der Waals surface area contributed by atoms with Gasteiger partial charge in [-0.1, -0.05) is 6.92 Å². The Morgan fingerprint density at radius 3 is 2.74 bits per heavy atom. The van der Waals surface area contributed by atoms with Crippen LogP contribution in [0.25, 0.3) is 0 Å². The quantitative estimate of drug-likeness (QED) is 0.679. The van der Waals surface area contributed by atoms with Crippen LogP contribution in [0.2, 0.25) is 0 Å². The van der Waals surface area contributed by atoms with Gasteiger partial charge in [0.2, 0.25) is 0 Å². The van der Waals surface area contributed by atoms with Crippen molar-refractivity contribution >= 4 is 17.3 Å². The molecule has 0 bridgehead atoms. The number of nitrogen functional groups attached to an aromatic ring is 1. The van der Waals surface area contributed by atoms with Crippen LogP contribution in [-0.4, -0.2) is 43.2 Å². The molecular weight excluding hydrogens is 242 g/mol. The standard InChI is InChI=1S/C14H23N3O2/c1-10(6-7-18)9-16-13-8-11(15)4-5-12(13)14(19)17(2)3/h4-5,8,10,16,18H,6-7,9,15H2,1-3H3. The van der Waals surface area contributed by atoms with E-state index in [0.717, 1.165) is 12.1 Å². The minimum absolute atomic E-state index is 0.0580. The van der Waals surface area contributed by atoms with Crippen LogP contribution in [-0.2, 0) is 0 Å². The zero-order valence-electron chi connectivity index (χ0n) is 11.8. The largest absolute Gasteiger partial charge is 0.399 e. The van der Waals surface area contributed by atoms with Crippen LogP contribution in [0.4, 0.5) is 11.4 Å². The zero-order chi connectivity index (χ0) is 14.4. The minimum Gasteiger partial charge on any atom is -0.399 e. The first-order chi connectivity index (χ1) is 8.95. The number of benzene rings is 1. The summed E-state index contributed by atoms with van der Waals surface area (Å²) in [6, 6.07) is 5.22. The molecule has 0 saturated carbocycles. The van der Waals surface area contributed by atoms with Gasteiger partial charge in [0.05, 0.1) is 5.56 Å². The third-order valence-corrected chi connectivity index (χ3v) is 2.94. The smallest absolute Gasteiger partial charge is 0.255 e. The Morgan fingerprint density at radius 2 is 2.16 bits per heavy atom. The normalized spacial score (nSPS) is 12.0. The molecule has 1 atom stereocenters. The summed E-state index contributed by atoms with van der Waals surface area (Å²) in [5.74, 6) is 0.269. The van der Waals surface area contributed by atoms with E-state index >= 15 is 0 Å². The molecule has 1 unspecified atom stereocenters. The zero-order valence-corrected chi connectivity index (χ0v) is 11.8. The Hall–Kier alpha value is -1.75. The second kappa shape index (κ2) is 6.99. The third kappa shape index (κ3) is 4.44. The molecule has 0 aliphatic rings. The number of aliphatic hydroxyl groups is 1. The van der Waals surface area contributed by atoms with Gasteiger partial charge in [-0.3, -0.25) is 4.79 Å². The monoisotopic (exact) mass is 265 g/mol. The number of nitrogens with zero attached hydrogens (tertiary/aromatic N) is 1. The maximum atomic E-state index is 12.1. The number of carbonyl (C=O) groups excluding carboxylic acids is 1. The van der Waals surface area contributed by atoms with Gasteiger partial charge in [0.15, 0.2) is 0 Å². The van der Waals surface area contributed by atoms with Gasteiger partial charge in [0.1, 0.15) is 0 Å². The summed E-state index contributed by atoms with van der Waals surface area (Å²) in [7, 11) is 3.44. The second-order valence-corrected chi connectivity index (χ2v) is 5.00. The summed E-state index contributed by atoms with van der Waals surface area (Å²) in [4.78, 5) is 13.6. The van der Waals surface area contributed by atoms with Crippen LogP contribution in [0, 0.1) is 5.92 Å². The lowest BCUT2D eigenvalue weighted by molar-refractivity contribution is 0.0828. The first kappa shape index (κ1) is 15.3. The van der Waals surface area contributed by atoms with Crippen molar-refractivity contribution in [1.29, 1.82) is 0 Å². The summed E-state index contributed by atoms with van der Waals surface area (Å²) >= 11 is 0. The molecule has 1 amide bonds. The SMILES string of the molecule is CC(CCO)CNc1cc(N)ccc1C(=O)N(C)C. The second-order valence-electron chi connectivity index (χ2n) is 5.00. The number of hydrogen-bond acceptors (Lipinski definition) is 4. The third-order valence-electron chi connectivity index (χ3n) is 2.94. The highest BCUT2D eigenvalue weighted by Gasteiger charge is 2.14. The molecule has 4 N–H and O–H groups in total. The van der Waals surface area contributed by atoms with Crippen LogP contribution < -0.4 is 11.1 Å². The molecule has 1 rings (SSSR count). The number of aliphatic hydroxyl groups excluding tert-OH is 1. The molecule has 0 aliphatic carbocycles. The number of nitrogens with two attached hydrogens (primary N) is 1. The lowest BCUT2D eigenvalue weighted by Gasteiger charge is -2.18. The molecule has 0 fully saturated rings. The van der Waals surface area contributed by atoms with E-state index in [4.69, 9.17) is 10.8 Å². The average Bonchev–Trinajstić information content (AvgIpc) is 2.36. The summed E-state index contributed by atoms with van der Waals surface area (Å²) in [5, 5.41) is 12.1. The Bertz CT molecular complexity index is 433. The molecule has 0 spiro atoms. The van der Waals surface area contributed by atoms with E-state index in [1.54, 1.807) is 32.3 Å². The molecule has 0 heterocycles. The minimum atomic E-state index is -0.0580. The fourth-order valence-electron chi connectivity index (χ4n) is 1.74. The van der Waals surface area contributed by atoms with Gasteiger partial charge in [-0.05, 0) is 30.5 Å². The molecule has 106 valence electrons. The molecule has 1 aromatic carbocycles. The van der Waals surface area contributed by atoms with E-state index in [1.165, 1.54) is 4.90 Å². The maximum absolute atomic E-state index is 12.1. The molecule has 0 aliphatic heterocycles. The van der Waals surface area contributed by atoms with Crippen molar-refractivity contribution in [3.63, 3.8) is 0 Å². The molecule has 0 aromatic heterocycles. The summed E-state index contributed by atoms with van der Waals surface area (Å²) < 4.78 is 0. The van der Waals surface area contributed by atoms with Crippen molar-refractivity contribution in [1.82, 2.24) is 4.90 Å². The highest BCUT2D eigenvalue weighted by atomic mass is 16.3. The molecule has 0 saturated heterocycles. The Morgan fingerprint density at radius 1 is 1.47 bits per heavy atom. The van der Waals surface area contributed by atoms with E-state index in [1.807, 2.05) is 6.92 Å². The van der Waals surface area contributed by atoms with Crippen molar-refractivity contribution in [2.75, 3.05) is 38.3 Å². The number of nitrogens with one attached hydrogen (secondary N) is 1. The average molecular weight is 265 g/mol. The van der Waals surface area contributed by atoms with Crippen molar-refractivity contribution in [3.8, 4) is 0 Å².